The molecular weight excluding hydrogens is 568 g/mol. The van der Waals surface area contributed by atoms with E-state index in [0.717, 1.165) is 41.7 Å². The van der Waals surface area contributed by atoms with E-state index >= 15 is 0 Å². The Morgan fingerprint density at radius 2 is 1.10 bits per heavy atom. The lowest BCUT2D eigenvalue weighted by Crippen LogP contribution is -3.00. The molecule has 1 aromatic carbocycles. The molecule has 2 unspecified atom stereocenters. The summed E-state index contributed by atoms with van der Waals surface area (Å²) in [5, 5.41) is 0. The topological polar surface area (TPSA) is 24.7 Å². The van der Waals surface area contributed by atoms with Crippen LogP contribution in [0.2, 0.25) is 0 Å². The third-order valence-electron chi connectivity index (χ3n) is 7.89. The van der Waals surface area contributed by atoms with E-state index in [2.05, 4.69) is 66.9 Å². The average molecular weight is 624 g/mol. The molecule has 0 aliphatic carbocycles. The smallest absolute Gasteiger partial charge is 0.190 e. The van der Waals surface area contributed by atoms with E-state index in [9.17, 15) is 0 Å². The summed E-state index contributed by atoms with van der Waals surface area (Å²) in [6.45, 7) is 16.4. The Labute approximate surface area is 257 Å². The van der Waals surface area contributed by atoms with E-state index in [0.29, 0.717) is 0 Å². The van der Waals surface area contributed by atoms with Gasteiger partial charge in [0.2, 0.25) is 0 Å². The van der Waals surface area contributed by atoms with Gasteiger partial charge in [-0.25, -0.2) is 9.98 Å². The van der Waals surface area contributed by atoms with Gasteiger partial charge < -0.3 is 29.4 Å². The minimum Gasteiger partial charge on any atom is -1.00 e. The third kappa shape index (κ3) is 15.9. The Morgan fingerprint density at radius 1 is 0.667 bits per heavy atom. The second-order valence-corrected chi connectivity index (χ2v) is 11.0. The summed E-state index contributed by atoms with van der Waals surface area (Å²) in [7, 11) is 0. The van der Waals surface area contributed by atoms with Crippen molar-refractivity contribution in [1.82, 2.24) is 0 Å². The first-order chi connectivity index (χ1) is 18.2. The third-order valence-corrected chi connectivity index (χ3v) is 7.89. The van der Waals surface area contributed by atoms with Crippen LogP contribution in [-0.2, 0) is 6.54 Å². The van der Waals surface area contributed by atoms with E-state index in [1.807, 2.05) is 18.6 Å². The molecule has 0 bridgehead atoms. The Hall–Kier alpha value is -1.27. The Balaban J connectivity index is 0.000000774. The van der Waals surface area contributed by atoms with Crippen LogP contribution >= 0.6 is 0 Å². The monoisotopic (exact) mass is 622 g/mol. The van der Waals surface area contributed by atoms with Gasteiger partial charge in [0.05, 0.1) is 32.0 Å². The largest absolute Gasteiger partial charge is 1.00 e. The van der Waals surface area contributed by atoms with Crippen molar-refractivity contribution in [2.45, 2.75) is 103 Å². The van der Waals surface area contributed by atoms with Crippen LogP contribution in [0.4, 0.5) is 0 Å². The predicted molar refractivity (Wildman–Crippen MR) is 163 cm³/mol. The molecule has 0 aromatic heterocycles. The van der Waals surface area contributed by atoms with Crippen LogP contribution in [0.1, 0.15) is 102 Å². The zero-order valence-electron chi connectivity index (χ0n) is 24.8. The zero-order chi connectivity index (χ0) is 26.5. The Bertz CT molecular complexity index is 800. The van der Waals surface area contributed by atoms with E-state index in [-0.39, 0.29) is 29.4 Å². The molecule has 6 heteroatoms. The summed E-state index contributed by atoms with van der Waals surface area (Å²) in [6.07, 6.45) is 28.1. The van der Waals surface area contributed by atoms with Gasteiger partial charge in [0, 0.05) is 5.56 Å². The van der Waals surface area contributed by atoms with Crippen molar-refractivity contribution in [2.75, 3.05) is 32.7 Å². The van der Waals surface area contributed by atoms with Crippen molar-refractivity contribution in [3.63, 3.8) is 0 Å². The molecular formula is C33H56BrClN4. The van der Waals surface area contributed by atoms with Gasteiger partial charge in [-0.15, -0.1) is 0 Å². The molecule has 0 amide bonds. The lowest BCUT2D eigenvalue weighted by Gasteiger charge is -2.25. The van der Waals surface area contributed by atoms with Gasteiger partial charge in [0.25, 0.3) is 0 Å². The molecule has 2 aliphatic rings. The predicted octanol–water partition coefficient (Wildman–Crippen LogP) is 2.67. The van der Waals surface area contributed by atoms with Crippen LogP contribution in [0.5, 0.6) is 0 Å². The highest BCUT2D eigenvalue weighted by molar-refractivity contribution is 5.49. The number of unbranched alkanes of at least 4 members (excludes halogenated alkanes) is 13. The fourth-order valence-electron chi connectivity index (χ4n) is 5.29. The number of aliphatic imine (C=N–C) groups is 2. The van der Waals surface area contributed by atoms with Crippen LogP contribution in [0, 0.1) is 0 Å². The first-order valence-corrected chi connectivity index (χ1v) is 15.2. The second-order valence-electron chi connectivity index (χ2n) is 11.0. The van der Waals surface area contributed by atoms with Crippen LogP contribution in [-0.4, -0.2) is 54.4 Å². The molecule has 2 atom stereocenters. The number of nitrogens with zero attached hydrogens (tertiary/aromatic N) is 4. The van der Waals surface area contributed by atoms with E-state index in [1.54, 1.807) is 0 Å². The zero-order valence-corrected chi connectivity index (χ0v) is 27.1. The number of benzene rings is 1. The van der Waals surface area contributed by atoms with Crippen molar-refractivity contribution in [1.29, 1.82) is 0 Å². The molecule has 1 aromatic rings. The van der Waals surface area contributed by atoms with Crippen molar-refractivity contribution < 1.29 is 38.4 Å². The minimum absolute atomic E-state index is 0. The summed E-state index contributed by atoms with van der Waals surface area (Å²) in [4.78, 5) is 8.65. The molecule has 0 spiro atoms. The lowest BCUT2D eigenvalue weighted by atomic mass is 10.0. The van der Waals surface area contributed by atoms with Gasteiger partial charge in [-0.2, -0.15) is 0 Å². The highest BCUT2D eigenvalue weighted by atomic mass is 79.9. The van der Waals surface area contributed by atoms with Gasteiger partial charge >= 0.3 is 0 Å². The number of halogens is 2. The lowest BCUT2D eigenvalue weighted by molar-refractivity contribution is -0.788. The van der Waals surface area contributed by atoms with Crippen molar-refractivity contribution in [3.05, 3.63) is 61.5 Å². The first-order valence-electron chi connectivity index (χ1n) is 15.2. The normalized spacial score (nSPS) is 20.9. The minimum atomic E-state index is 0. The fourth-order valence-corrected chi connectivity index (χ4v) is 5.29. The van der Waals surface area contributed by atoms with E-state index in [1.165, 1.54) is 102 Å². The highest BCUT2D eigenvalue weighted by Gasteiger charge is 2.26. The average Bonchev–Trinajstić information content (AvgIpc) is 3.61. The number of hydrogen-bond acceptors (Lipinski definition) is 2. The fraction of sp³-hybridized carbons (Fsp3) is 0.636. The molecule has 3 rings (SSSR count). The van der Waals surface area contributed by atoms with Crippen LogP contribution in [0.3, 0.4) is 0 Å². The maximum atomic E-state index is 4.37. The molecule has 222 valence electrons. The molecule has 2 heterocycles. The van der Waals surface area contributed by atoms with Gasteiger partial charge in [-0.05, 0) is 26.0 Å². The maximum Gasteiger partial charge on any atom is 0.190 e. The van der Waals surface area contributed by atoms with Gasteiger partial charge in [-0.3, -0.25) is 8.97 Å². The first kappa shape index (κ1) is 37.7. The van der Waals surface area contributed by atoms with E-state index in [4.69, 9.17) is 0 Å². The van der Waals surface area contributed by atoms with Gasteiger partial charge in [0.1, 0.15) is 19.6 Å². The summed E-state index contributed by atoms with van der Waals surface area (Å²) in [5.41, 5.74) is 1.33. The Morgan fingerprint density at radius 3 is 1.51 bits per heavy atom. The molecule has 0 saturated heterocycles. The van der Waals surface area contributed by atoms with Crippen molar-refractivity contribution >= 4 is 12.7 Å². The van der Waals surface area contributed by atoms with Gasteiger partial charge in [0.15, 0.2) is 12.7 Å². The highest BCUT2D eigenvalue weighted by Crippen LogP contribution is 2.17. The summed E-state index contributed by atoms with van der Waals surface area (Å²) >= 11 is 0. The molecule has 0 radical (unpaired) electrons. The van der Waals surface area contributed by atoms with Crippen LogP contribution < -0.4 is 29.4 Å². The summed E-state index contributed by atoms with van der Waals surface area (Å²) in [5.74, 6) is 0. The van der Waals surface area contributed by atoms with E-state index < -0.39 is 0 Å². The number of quaternary nitrogens is 2. The summed E-state index contributed by atoms with van der Waals surface area (Å²) in [6, 6.07) is 10.5. The van der Waals surface area contributed by atoms with Crippen molar-refractivity contribution in [2.24, 2.45) is 9.98 Å². The molecule has 39 heavy (non-hydrogen) atoms. The van der Waals surface area contributed by atoms with Crippen LogP contribution in [0.25, 0.3) is 0 Å². The molecule has 2 aliphatic heterocycles. The number of hydrogen-bond donors (Lipinski definition) is 0. The van der Waals surface area contributed by atoms with Crippen molar-refractivity contribution in [3.8, 4) is 0 Å². The van der Waals surface area contributed by atoms with Crippen LogP contribution in [0.15, 0.2) is 65.9 Å². The second kappa shape index (κ2) is 23.4. The molecule has 0 saturated carbocycles. The molecule has 0 fully saturated rings. The molecule has 0 N–H and O–H groups in total. The Kier molecular flexibility index (Phi) is 22.7. The van der Waals surface area contributed by atoms with Gasteiger partial charge in [-0.1, -0.05) is 114 Å². The summed E-state index contributed by atoms with van der Waals surface area (Å²) < 4.78 is 1.70. The number of rotatable bonds is 19. The SMILES string of the molecule is C=C[N+]1(CCCCCCCCCCCCCCCC)C=NCC1.C=C[N+]1(Cc2ccccc2)C=NCC1.[Br-].[Cl-]. The molecule has 4 nitrogen and oxygen atoms in total. The standard InChI is InChI=1S/C21H41N2.C12H15N2.BrH.ClH/c1-3-5-6-7-8-9-10-11-12-13-14-15-16-17-19-23(4-2)20-18-22-21-23;1-2-14(9-8-13-11-14)10-12-6-4-3-5-7-12;;/h4,21H,2-3,5-20H2,1H3;2-7,11H,1,8-10H2;2*1H/q2*+1;;/p-2. The quantitative estimate of drug-likeness (QED) is 0.167. The maximum absolute atomic E-state index is 4.37.